The van der Waals surface area contributed by atoms with Crippen LogP contribution in [0.3, 0.4) is 0 Å². The van der Waals surface area contributed by atoms with Crippen LogP contribution in [0.1, 0.15) is 66.3 Å². The van der Waals surface area contributed by atoms with Gasteiger partial charge in [0.25, 0.3) is 5.56 Å². The van der Waals surface area contributed by atoms with Gasteiger partial charge < -0.3 is 5.11 Å². The molecule has 1 unspecified atom stereocenters. The van der Waals surface area contributed by atoms with Crippen LogP contribution in [0, 0.1) is 13.8 Å². The monoisotopic (exact) mass is 556 g/mol. The van der Waals surface area contributed by atoms with Gasteiger partial charge >= 0.3 is 6.18 Å². The molecule has 2 atom stereocenters. The van der Waals surface area contributed by atoms with Gasteiger partial charge in [-0.3, -0.25) is 14.3 Å². The van der Waals surface area contributed by atoms with Crippen LogP contribution in [0.4, 0.5) is 13.2 Å². The topological polar surface area (TPSA) is 107 Å². The highest BCUT2D eigenvalue weighted by Gasteiger charge is 2.44. The molecule has 0 aliphatic heterocycles. The maximum atomic E-state index is 13.5. The molecule has 0 radical (unpaired) electrons. The third kappa shape index (κ3) is 5.16. The number of aromatic nitrogens is 6. The highest BCUT2D eigenvalue weighted by Crippen LogP contribution is 2.55. The van der Waals surface area contributed by atoms with Gasteiger partial charge in [0, 0.05) is 35.9 Å². The molecule has 1 fully saturated rings. The molecule has 5 rings (SSSR count). The zero-order valence-electron chi connectivity index (χ0n) is 21.5. The Morgan fingerprint density at radius 3 is 2.36 bits per heavy atom. The molecular formula is C27H24ClF3N6O2. The Hall–Kier alpha value is -3.70. The third-order valence-electron chi connectivity index (χ3n) is 6.64. The number of pyridine rings is 2. The van der Waals surface area contributed by atoms with Crippen molar-refractivity contribution in [2.75, 3.05) is 0 Å². The number of hydrogen-bond donors (Lipinski definition) is 1. The third-order valence-corrected chi connectivity index (χ3v) is 7.02. The molecule has 12 heteroatoms. The van der Waals surface area contributed by atoms with Crippen LogP contribution in [0.25, 0.3) is 17.1 Å². The lowest BCUT2D eigenvalue weighted by Gasteiger charge is -2.17. The summed E-state index contributed by atoms with van der Waals surface area (Å²) in [6.45, 7) is 6.74. The van der Waals surface area contributed by atoms with Gasteiger partial charge in [-0.25, -0.2) is 19.9 Å². The van der Waals surface area contributed by atoms with E-state index in [9.17, 15) is 23.1 Å². The van der Waals surface area contributed by atoms with Crippen LogP contribution >= 0.6 is 11.6 Å². The van der Waals surface area contributed by atoms with Crippen molar-refractivity contribution in [3.63, 3.8) is 0 Å². The lowest BCUT2D eigenvalue weighted by Crippen LogP contribution is -2.23. The van der Waals surface area contributed by atoms with Crippen molar-refractivity contribution in [3.05, 3.63) is 92.4 Å². The van der Waals surface area contributed by atoms with Crippen LogP contribution in [0.5, 0.6) is 0 Å². The number of alkyl halides is 3. The Balaban J connectivity index is 1.51. The first-order valence-corrected chi connectivity index (χ1v) is 12.5. The highest BCUT2D eigenvalue weighted by atomic mass is 35.5. The molecule has 0 saturated heterocycles. The van der Waals surface area contributed by atoms with Gasteiger partial charge in [0.2, 0.25) is 5.82 Å². The van der Waals surface area contributed by atoms with E-state index in [-0.39, 0.29) is 28.4 Å². The average molecular weight is 557 g/mol. The van der Waals surface area contributed by atoms with Crippen molar-refractivity contribution in [1.82, 2.24) is 29.5 Å². The molecule has 202 valence electrons. The van der Waals surface area contributed by atoms with Crippen LogP contribution in [0.2, 0.25) is 5.02 Å². The molecule has 4 aromatic heterocycles. The Morgan fingerprint density at radius 2 is 1.67 bits per heavy atom. The summed E-state index contributed by atoms with van der Waals surface area (Å²) in [6, 6.07) is 6.62. The van der Waals surface area contributed by atoms with E-state index in [1.807, 2.05) is 6.92 Å². The van der Waals surface area contributed by atoms with E-state index in [2.05, 4.69) is 24.9 Å². The second-order valence-electron chi connectivity index (χ2n) is 10.1. The van der Waals surface area contributed by atoms with Crippen molar-refractivity contribution >= 4 is 11.6 Å². The van der Waals surface area contributed by atoms with Gasteiger partial charge in [-0.15, -0.1) is 0 Å². The SMILES string of the molecule is Cc1cnc(-c2ccnc(C(C)(C)O)n2)cc1-n1c(C)cc([C@@H]2CC2c2ccnc(C(F)(F)F)n2)c(Cl)c1=O. The summed E-state index contributed by atoms with van der Waals surface area (Å²) in [6.07, 6.45) is 0.123. The summed E-state index contributed by atoms with van der Waals surface area (Å²) in [7, 11) is 0. The zero-order valence-corrected chi connectivity index (χ0v) is 22.2. The van der Waals surface area contributed by atoms with Gasteiger partial charge in [-0.1, -0.05) is 11.6 Å². The van der Waals surface area contributed by atoms with Gasteiger partial charge in [0.1, 0.15) is 10.6 Å². The summed E-state index contributed by atoms with van der Waals surface area (Å²) in [5.74, 6) is -1.48. The lowest BCUT2D eigenvalue weighted by atomic mass is 10.1. The number of hydrogen-bond acceptors (Lipinski definition) is 7. The van der Waals surface area contributed by atoms with E-state index in [1.165, 1.54) is 16.8 Å². The quantitative estimate of drug-likeness (QED) is 0.357. The van der Waals surface area contributed by atoms with Gasteiger partial charge in [0.05, 0.1) is 17.1 Å². The minimum Gasteiger partial charge on any atom is -0.382 e. The molecule has 0 bridgehead atoms. The lowest BCUT2D eigenvalue weighted by molar-refractivity contribution is -0.145. The fraction of sp³-hybridized carbons (Fsp3) is 0.333. The van der Waals surface area contributed by atoms with Crippen LogP contribution in [-0.2, 0) is 11.8 Å². The van der Waals surface area contributed by atoms with E-state index in [0.717, 1.165) is 11.8 Å². The highest BCUT2D eigenvalue weighted by molar-refractivity contribution is 6.31. The molecular weight excluding hydrogens is 533 g/mol. The van der Waals surface area contributed by atoms with Gasteiger partial charge in [-0.2, -0.15) is 13.2 Å². The number of aryl methyl sites for hydroxylation is 2. The molecule has 1 saturated carbocycles. The predicted octanol–water partition coefficient (Wildman–Crippen LogP) is 5.27. The summed E-state index contributed by atoms with van der Waals surface area (Å²) < 4.78 is 40.7. The first-order chi connectivity index (χ1) is 18.3. The standard InChI is InChI=1S/C27H24ClF3N6O2/c1-13-12-34-20(19-6-8-32-24(36-19)26(3,4)39)11-21(13)37-14(2)9-17(22(28)23(37)38)15-10-16(15)18-5-7-33-25(35-18)27(29,30)31/h5-9,11-12,15-16,39H,10H2,1-4H3/t15-,16?/m1/s1. The van der Waals surface area contributed by atoms with Crippen LogP contribution in [-0.4, -0.2) is 34.6 Å². The molecule has 4 aromatic rings. The minimum absolute atomic E-state index is 0.00214. The first kappa shape index (κ1) is 26.9. The van der Waals surface area contributed by atoms with Crippen molar-refractivity contribution in [3.8, 4) is 17.1 Å². The Morgan fingerprint density at radius 1 is 0.974 bits per heavy atom. The van der Waals surface area contributed by atoms with Crippen LogP contribution < -0.4 is 5.56 Å². The molecule has 4 heterocycles. The maximum absolute atomic E-state index is 13.5. The molecule has 1 aliphatic carbocycles. The summed E-state index contributed by atoms with van der Waals surface area (Å²) >= 11 is 6.58. The smallest absolute Gasteiger partial charge is 0.382 e. The largest absolute Gasteiger partial charge is 0.451 e. The molecule has 1 aliphatic rings. The average Bonchev–Trinajstić information content (AvgIpc) is 3.67. The van der Waals surface area contributed by atoms with Crippen molar-refractivity contribution < 1.29 is 18.3 Å². The summed E-state index contributed by atoms with van der Waals surface area (Å²) in [5.41, 5.74) is 1.96. The number of halogens is 4. The molecule has 39 heavy (non-hydrogen) atoms. The molecule has 0 aromatic carbocycles. The van der Waals surface area contributed by atoms with E-state index in [1.54, 1.807) is 45.2 Å². The Bertz CT molecular complexity index is 1650. The fourth-order valence-electron chi connectivity index (χ4n) is 4.58. The Kier molecular flexibility index (Phi) is 6.54. The zero-order chi connectivity index (χ0) is 28.3. The number of aliphatic hydroxyl groups is 1. The van der Waals surface area contributed by atoms with E-state index >= 15 is 0 Å². The van der Waals surface area contributed by atoms with Crippen molar-refractivity contribution in [2.45, 2.75) is 57.7 Å². The van der Waals surface area contributed by atoms with E-state index in [0.29, 0.717) is 34.8 Å². The van der Waals surface area contributed by atoms with E-state index in [4.69, 9.17) is 11.6 Å². The molecule has 0 spiro atoms. The van der Waals surface area contributed by atoms with Crippen LogP contribution in [0.15, 0.2) is 47.7 Å². The van der Waals surface area contributed by atoms with Crippen molar-refractivity contribution in [1.29, 1.82) is 0 Å². The molecule has 1 N–H and O–H groups in total. The molecule has 8 nitrogen and oxygen atoms in total. The second-order valence-corrected chi connectivity index (χ2v) is 10.5. The van der Waals surface area contributed by atoms with Crippen molar-refractivity contribution in [2.24, 2.45) is 0 Å². The van der Waals surface area contributed by atoms with E-state index < -0.39 is 23.2 Å². The number of nitrogens with zero attached hydrogens (tertiary/aromatic N) is 6. The van der Waals surface area contributed by atoms with Gasteiger partial charge in [0.15, 0.2) is 5.82 Å². The Labute approximate surface area is 226 Å². The number of rotatable bonds is 5. The summed E-state index contributed by atoms with van der Waals surface area (Å²) in [4.78, 5) is 33.6. The second kappa shape index (κ2) is 9.49. The van der Waals surface area contributed by atoms with Gasteiger partial charge in [-0.05, 0) is 75.4 Å². The summed E-state index contributed by atoms with van der Waals surface area (Å²) in [5, 5.41) is 10.3. The molecule has 0 amide bonds. The normalized spacial score (nSPS) is 17.4. The first-order valence-electron chi connectivity index (χ1n) is 12.1. The minimum atomic E-state index is -4.64. The predicted molar refractivity (Wildman–Crippen MR) is 138 cm³/mol. The fourth-order valence-corrected chi connectivity index (χ4v) is 4.85. The maximum Gasteiger partial charge on any atom is 0.451 e.